The molecule has 0 aromatic heterocycles. The molecule has 1 saturated heterocycles. The van der Waals surface area contributed by atoms with Gasteiger partial charge in [-0.3, -0.25) is 0 Å². The zero-order valence-corrected chi connectivity index (χ0v) is 9.58. The lowest BCUT2D eigenvalue weighted by atomic mass is 10.2. The fourth-order valence-electron chi connectivity index (χ4n) is 1.82. The van der Waals surface area contributed by atoms with Crippen molar-refractivity contribution in [2.24, 2.45) is 0 Å². The standard InChI is InChI=1S/C8H8O2.C5H11N/c1-2-4-8-7(3-1)5-9-6-10-8;1-2-4-6-5-3-1/h1-4H,5-6H2;6H,1-5H2. The van der Waals surface area contributed by atoms with Gasteiger partial charge in [-0.1, -0.05) is 24.6 Å². The highest BCUT2D eigenvalue weighted by molar-refractivity contribution is 5.33. The normalized spacial score (nSPS) is 18.8. The Hall–Kier alpha value is -1.06. The Morgan fingerprint density at radius 1 is 1.00 bits per heavy atom. The molecular formula is C13H19NO2. The van der Waals surface area contributed by atoms with Crippen LogP contribution in [0.4, 0.5) is 0 Å². The second kappa shape index (κ2) is 6.51. The van der Waals surface area contributed by atoms with Gasteiger partial charge < -0.3 is 14.8 Å². The molecule has 3 heteroatoms. The van der Waals surface area contributed by atoms with Gasteiger partial charge in [-0.05, 0) is 32.0 Å². The van der Waals surface area contributed by atoms with Crippen molar-refractivity contribution in [1.82, 2.24) is 5.32 Å². The monoisotopic (exact) mass is 221 g/mol. The minimum absolute atomic E-state index is 0.386. The molecule has 2 heterocycles. The van der Waals surface area contributed by atoms with Gasteiger partial charge in [0, 0.05) is 5.56 Å². The molecule has 16 heavy (non-hydrogen) atoms. The SMILES string of the molecule is C1CCNCC1.c1ccc2c(c1)COCO2. The molecule has 1 aromatic carbocycles. The van der Waals surface area contributed by atoms with Gasteiger partial charge in [0.15, 0.2) is 6.79 Å². The van der Waals surface area contributed by atoms with Crippen molar-refractivity contribution in [1.29, 1.82) is 0 Å². The highest BCUT2D eigenvalue weighted by atomic mass is 16.7. The lowest BCUT2D eigenvalue weighted by molar-refractivity contribution is -0.0163. The van der Waals surface area contributed by atoms with E-state index in [1.807, 2.05) is 24.3 Å². The maximum Gasteiger partial charge on any atom is 0.189 e. The molecule has 0 aliphatic carbocycles. The van der Waals surface area contributed by atoms with Crippen LogP contribution in [-0.4, -0.2) is 19.9 Å². The quantitative estimate of drug-likeness (QED) is 0.729. The molecule has 88 valence electrons. The number of piperidine rings is 1. The van der Waals surface area contributed by atoms with Gasteiger partial charge in [0.05, 0.1) is 6.61 Å². The first-order valence-electron chi connectivity index (χ1n) is 5.96. The molecule has 3 rings (SSSR count). The van der Waals surface area contributed by atoms with Crippen molar-refractivity contribution in [3.8, 4) is 5.75 Å². The molecule has 0 amide bonds. The zero-order valence-electron chi connectivity index (χ0n) is 9.58. The van der Waals surface area contributed by atoms with Crippen molar-refractivity contribution < 1.29 is 9.47 Å². The van der Waals surface area contributed by atoms with E-state index in [1.165, 1.54) is 32.4 Å². The highest BCUT2D eigenvalue weighted by Gasteiger charge is 2.07. The molecule has 0 radical (unpaired) electrons. The minimum Gasteiger partial charge on any atom is -0.467 e. The topological polar surface area (TPSA) is 30.5 Å². The maximum absolute atomic E-state index is 5.20. The van der Waals surface area contributed by atoms with Crippen LogP contribution in [0.2, 0.25) is 0 Å². The second-order valence-electron chi connectivity index (χ2n) is 4.03. The zero-order chi connectivity index (χ0) is 11.1. The lowest BCUT2D eigenvalue weighted by Crippen LogP contribution is -2.21. The average Bonchev–Trinajstić information content (AvgIpc) is 2.42. The van der Waals surface area contributed by atoms with Gasteiger partial charge in [-0.25, -0.2) is 0 Å². The molecule has 0 spiro atoms. The number of nitrogens with one attached hydrogen (secondary N) is 1. The summed E-state index contributed by atoms with van der Waals surface area (Å²) < 4.78 is 10.3. The molecule has 0 saturated carbocycles. The van der Waals surface area contributed by atoms with Crippen LogP contribution in [0, 0.1) is 0 Å². The summed E-state index contributed by atoms with van der Waals surface area (Å²) in [4.78, 5) is 0. The van der Waals surface area contributed by atoms with Crippen LogP contribution < -0.4 is 10.1 Å². The first-order chi connectivity index (χ1) is 7.97. The third kappa shape index (κ3) is 3.51. The van der Waals surface area contributed by atoms with E-state index in [0.29, 0.717) is 13.4 Å². The van der Waals surface area contributed by atoms with Crippen LogP contribution in [0.3, 0.4) is 0 Å². The third-order valence-corrected chi connectivity index (χ3v) is 2.74. The second-order valence-corrected chi connectivity index (χ2v) is 4.03. The number of benzene rings is 1. The molecule has 1 fully saturated rings. The van der Waals surface area contributed by atoms with Crippen LogP contribution in [0.1, 0.15) is 24.8 Å². The Morgan fingerprint density at radius 3 is 2.44 bits per heavy atom. The van der Waals surface area contributed by atoms with E-state index in [4.69, 9.17) is 9.47 Å². The van der Waals surface area contributed by atoms with E-state index in [0.717, 1.165) is 11.3 Å². The predicted octanol–water partition coefficient (Wildman–Crippen LogP) is 2.31. The summed E-state index contributed by atoms with van der Waals surface area (Å²) in [5.41, 5.74) is 1.13. The van der Waals surface area contributed by atoms with Crippen molar-refractivity contribution >= 4 is 0 Å². The van der Waals surface area contributed by atoms with Crippen molar-refractivity contribution in [3.63, 3.8) is 0 Å². The first-order valence-corrected chi connectivity index (χ1v) is 5.96. The molecule has 0 unspecified atom stereocenters. The first kappa shape index (κ1) is 11.4. The van der Waals surface area contributed by atoms with Gasteiger partial charge in [-0.15, -0.1) is 0 Å². The summed E-state index contributed by atoms with van der Waals surface area (Å²) in [6, 6.07) is 7.91. The van der Waals surface area contributed by atoms with E-state index < -0.39 is 0 Å². The molecule has 0 atom stereocenters. The Morgan fingerprint density at radius 2 is 1.81 bits per heavy atom. The van der Waals surface area contributed by atoms with E-state index in [9.17, 15) is 0 Å². The van der Waals surface area contributed by atoms with Gasteiger partial charge >= 0.3 is 0 Å². The van der Waals surface area contributed by atoms with Gasteiger partial charge in [0.1, 0.15) is 5.75 Å². The summed E-state index contributed by atoms with van der Waals surface area (Å²) in [5.74, 6) is 0.953. The summed E-state index contributed by atoms with van der Waals surface area (Å²) in [6.45, 7) is 3.56. The van der Waals surface area contributed by atoms with Crippen molar-refractivity contribution in [2.45, 2.75) is 25.9 Å². The number of hydrogen-bond acceptors (Lipinski definition) is 3. The van der Waals surface area contributed by atoms with Crippen molar-refractivity contribution in [2.75, 3.05) is 19.9 Å². The Balaban J connectivity index is 0.000000138. The third-order valence-electron chi connectivity index (χ3n) is 2.74. The van der Waals surface area contributed by atoms with Crippen LogP contribution in [-0.2, 0) is 11.3 Å². The van der Waals surface area contributed by atoms with E-state index in [1.54, 1.807) is 0 Å². The number of para-hydroxylation sites is 1. The maximum atomic E-state index is 5.20. The molecule has 0 bridgehead atoms. The Labute approximate surface area is 96.8 Å². The van der Waals surface area contributed by atoms with Gasteiger partial charge in [0.2, 0.25) is 0 Å². The average molecular weight is 221 g/mol. The largest absolute Gasteiger partial charge is 0.467 e. The van der Waals surface area contributed by atoms with E-state index >= 15 is 0 Å². The smallest absolute Gasteiger partial charge is 0.189 e. The fraction of sp³-hybridized carbons (Fsp3) is 0.538. The van der Waals surface area contributed by atoms with Crippen LogP contribution in [0.5, 0.6) is 5.75 Å². The van der Waals surface area contributed by atoms with Crippen LogP contribution in [0.25, 0.3) is 0 Å². The molecule has 1 aromatic rings. The summed E-state index contributed by atoms with van der Waals surface area (Å²) in [7, 11) is 0. The minimum atomic E-state index is 0.386. The van der Waals surface area contributed by atoms with Gasteiger partial charge in [0.25, 0.3) is 0 Å². The summed E-state index contributed by atoms with van der Waals surface area (Å²) in [6.07, 6.45) is 4.22. The molecule has 2 aliphatic rings. The summed E-state index contributed by atoms with van der Waals surface area (Å²) >= 11 is 0. The molecular weight excluding hydrogens is 202 g/mol. The molecule has 2 aliphatic heterocycles. The Bertz CT molecular complexity index is 274. The number of fused-ring (bicyclic) bond motifs is 1. The lowest BCUT2D eigenvalue weighted by Gasteiger charge is -2.16. The summed E-state index contributed by atoms with van der Waals surface area (Å²) in [5, 5.41) is 3.28. The molecule has 1 N–H and O–H groups in total. The predicted molar refractivity (Wildman–Crippen MR) is 63.4 cm³/mol. The number of hydrogen-bond donors (Lipinski definition) is 1. The van der Waals surface area contributed by atoms with Crippen LogP contribution in [0.15, 0.2) is 24.3 Å². The van der Waals surface area contributed by atoms with E-state index in [2.05, 4.69) is 5.32 Å². The van der Waals surface area contributed by atoms with Crippen molar-refractivity contribution in [3.05, 3.63) is 29.8 Å². The highest BCUT2D eigenvalue weighted by Crippen LogP contribution is 2.21. The Kier molecular flexibility index (Phi) is 4.65. The van der Waals surface area contributed by atoms with Crippen LogP contribution >= 0.6 is 0 Å². The number of rotatable bonds is 0. The fourth-order valence-corrected chi connectivity index (χ4v) is 1.82. The van der Waals surface area contributed by atoms with Gasteiger partial charge in [-0.2, -0.15) is 0 Å². The number of ether oxygens (including phenoxy) is 2. The molecule has 3 nitrogen and oxygen atoms in total. The van der Waals surface area contributed by atoms with E-state index in [-0.39, 0.29) is 0 Å².